The second-order valence-corrected chi connectivity index (χ2v) is 7.72. The molecular formula is C21H21ClF3N3O3. The third-order valence-corrected chi connectivity index (χ3v) is 5.12. The van der Waals surface area contributed by atoms with Crippen LogP contribution in [-0.2, 0) is 20.0 Å². The Morgan fingerprint density at radius 1 is 1.23 bits per heavy atom. The van der Waals surface area contributed by atoms with Crippen LogP contribution in [0.3, 0.4) is 0 Å². The van der Waals surface area contributed by atoms with Crippen molar-refractivity contribution in [2.45, 2.75) is 32.0 Å². The van der Waals surface area contributed by atoms with Crippen LogP contribution in [0.25, 0.3) is 0 Å². The Bertz CT molecular complexity index is 1010. The Morgan fingerprint density at radius 2 is 1.90 bits per heavy atom. The number of halogens is 4. The van der Waals surface area contributed by atoms with Gasteiger partial charge in [0, 0.05) is 24.7 Å². The van der Waals surface area contributed by atoms with E-state index >= 15 is 0 Å². The Hall–Kier alpha value is -2.78. The van der Waals surface area contributed by atoms with Gasteiger partial charge >= 0.3 is 6.18 Å². The van der Waals surface area contributed by atoms with E-state index < -0.39 is 24.1 Å². The number of hydrogen-bond donors (Lipinski definition) is 2. The molecule has 2 aromatic rings. The summed E-state index contributed by atoms with van der Waals surface area (Å²) in [6, 6.07) is 9.23. The fourth-order valence-electron chi connectivity index (χ4n) is 3.37. The molecule has 1 heterocycles. The summed E-state index contributed by atoms with van der Waals surface area (Å²) in [4.78, 5) is 16.7. The third-order valence-electron chi connectivity index (χ3n) is 4.79. The van der Waals surface area contributed by atoms with Crippen LogP contribution in [0.1, 0.15) is 28.7 Å². The highest BCUT2D eigenvalue weighted by molar-refractivity contribution is 6.33. The average Bonchev–Trinajstić information content (AvgIpc) is 3.14. The fraction of sp³-hybridized carbons (Fsp3) is 0.333. The molecule has 0 aromatic heterocycles. The molecule has 3 rings (SSSR count). The van der Waals surface area contributed by atoms with Gasteiger partial charge in [-0.1, -0.05) is 52.1 Å². The van der Waals surface area contributed by atoms with Gasteiger partial charge in [-0.15, -0.1) is 0 Å². The number of nitrogens with one attached hydrogen (secondary N) is 2. The molecule has 1 aliphatic heterocycles. The van der Waals surface area contributed by atoms with E-state index in [1.54, 1.807) is 26.0 Å². The van der Waals surface area contributed by atoms with E-state index in [1.807, 2.05) is 0 Å². The molecule has 31 heavy (non-hydrogen) atoms. The van der Waals surface area contributed by atoms with E-state index in [0.29, 0.717) is 22.4 Å². The molecule has 0 saturated heterocycles. The van der Waals surface area contributed by atoms with Crippen molar-refractivity contribution in [2.24, 2.45) is 5.16 Å². The number of ether oxygens (including phenoxy) is 1. The van der Waals surface area contributed by atoms with Gasteiger partial charge in [0.1, 0.15) is 6.61 Å². The van der Waals surface area contributed by atoms with Crippen molar-refractivity contribution in [3.63, 3.8) is 0 Å². The first-order valence-corrected chi connectivity index (χ1v) is 9.68. The summed E-state index contributed by atoms with van der Waals surface area (Å²) in [5.41, 5.74) is 4.60. The summed E-state index contributed by atoms with van der Waals surface area (Å²) < 4.78 is 47.3. The van der Waals surface area contributed by atoms with Gasteiger partial charge < -0.3 is 9.57 Å². The van der Waals surface area contributed by atoms with E-state index in [-0.39, 0.29) is 22.9 Å². The van der Waals surface area contributed by atoms with Gasteiger partial charge in [-0.2, -0.15) is 13.2 Å². The zero-order chi connectivity index (χ0) is 22.8. The maximum absolute atomic E-state index is 14.2. The number of carbonyl (C=O) groups is 1. The Balaban J connectivity index is 1.90. The summed E-state index contributed by atoms with van der Waals surface area (Å²) in [7, 11) is 1.37. The van der Waals surface area contributed by atoms with Gasteiger partial charge in [-0.3, -0.25) is 15.6 Å². The zero-order valence-electron chi connectivity index (χ0n) is 17.1. The highest BCUT2D eigenvalue weighted by Crippen LogP contribution is 2.49. The molecule has 1 aliphatic rings. The van der Waals surface area contributed by atoms with Gasteiger partial charge in [0.25, 0.3) is 11.5 Å². The molecule has 0 saturated carbocycles. The number of alkyl halides is 3. The van der Waals surface area contributed by atoms with E-state index in [1.165, 1.54) is 31.4 Å². The monoisotopic (exact) mass is 455 g/mol. The first-order chi connectivity index (χ1) is 14.6. The predicted octanol–water partition coefficient (Wildman–Crippen LogP) is 4.63. The van der Waals surface area contributed by atoms with Crippen molar-refractivity contribution in [1.82, 2.24) is 5.43 Å². The number of nitrogens with zero attached hydrogens (tertiary/aromatic N) is 1. The van der Waals surface area contributed by atoms with Gasteiger partial charge in [-0.05, 0) is 26.0 Å². The number of methoxy groups -OCH3 is 1. The molecule has 2 N–H and O–H groups in total. The molecule has 0 spiro atoms. The van der Waals surface area contributed by atoms with Gasteiger partial charge in [0.15, 0.2) is 0 Å². The molecule has 0 fully saturated rings. The van der Waals surface area contributed by atoms with Gasteiger partial charge in [0.05, 0.1) is 16.4 Å². The van der Waals surface area contributed by atoms with Crippen LogP contribution < -0.4 is 10.9 Å². The summed E-state index contributed by atoms with van der Waals surface area (Å²) >= 11 is 6.13. The van der Waals surface area contributed by atoms with Crippen LogP contribution in [0.2, 0.25) is 5.02 Å². The quantitative estimate of drug-likeness (QED) is 0.623. The lowest BCUT2D eigenvalue weighted by Crippen LogP contribution is -2.42. The van der Waals surface area contributed by atoms with Crippen molar-refractivity contribution in [2.75, 3.05) is 19.1 Å². The predicted molar refractivity (Wildman–Crippen MR) is 111 cm³/mol. The van der Waals surface area contributed by atoms with Crippen LogP contribution in [-0.4, -0.2) is 31.5 Å². The smallest absolute Gasteiger partial charge is 0.375 e. The first-order valence-electron chi connectivity index (χ1n) is 9.30. The molecule has 0 bridgehead atoms. The minimum Gasteiger partial charge on any atom is -0.375 e. The summed E-state index contributed by atoms with van der Waals surface area (Å²) in [6.45, 7) is 3.29. The second-order valence-electron chi connectivity index (χ2n) is 7.31. The molecule has 6 nitrogen and oxygen atoms in total. The van der Waals surface area contributed by atoms with E-state index in [9.17, 15) is 18.0 Å². The maximum atomic E-state index is 14.2. The standard InChI is InChI=1S/C21H21ClF3N3O3/c1-12-6-13(2)8-15(7-12)20(21(23,24)25)10-18(28-31-20)14-4-5-16(22)17(9-14)26-27-19(29)11-30-3/h4-9,26H,10-11H2,1-3H3,(H,27,29). The third kappa shape index (κ3) is 4.77. The van der Waals surface area contributed by atoms with Crippen molar-refractivity contribution >= 4 is 28.9 Å². The molecule has 10 heteroatoms. The Morgan fingerprint density at radius 3 is 2.52 bits per heavy atom. The fourth-order valence-corrected chi connectivity index (χ4v) is 3.54. The normalized spacial score (nSPS) is 18.4. The number of aryl methyl sites for hydroxylation is 2. The van der Waals surface area contributed by atoms with Crippen LogP contribution in [0.4, 0.5) is 18.9 Å². The lowest BCUT2D eigenvalue weighted by molar-refractivity contribution is -0.275. The SMILES string of the molecule is COCC(=O)NNc1cc(C2=NOC(c3cc(C)cc(C)c3)(C(F)(F)F)C2)ccc1Cl. The van der Waals surface area contributed by atoms with Gasteiger partial charge in [0.2, 0.25) is 0 Å². The van der Waals surface area contributed by atoms with Crippen LogP contribution in [0.15, 0.2) is 41.6 Å². The largest absolute Gasteiger partial charge is 0.435 e. The molecule has 0 radical (unpaired) electrons. The molecular weight excluding hydrogens is 435 g/mol. The molecule has 166 valence electrons. The Kier molecular flexibility index (Phi) is 6.47. The molecule has 1 amide bonds. The van der Waals surface area contributed by atoms with Crippen molar-refractivity contribution in [3.05, 3.63) is 63.7 Å². The van der Waals surface area contributed by atoms with Crippen molar-refractivity contribution in [3.8, 4) is 0 Å². The van der Waals surface area contributed by atoms with Crippen molar-refractivity contribution in [1.29, 1.82) is 0 Å². The number of anilines is 1. The number of carbonyl (C=O) groups excluding carboxylic acids is 1. The summed E-state index contributed by atoms with van der Waals surface area (Å²) in [6.07, 6.45) is -5.20. The minimum absolute atomic E-state index is 0.00427. The summed E-state index contributed by atoms with van der Waals surface area (Å²) in [5, 5.41) is 4.04. The highest BCUT2D eigenvalue weighted by Gasteiger charge is 2.62. The lowest BCUT2D eigenvalue weighted by atomic mass is 9.85. The number of oxime groups is 1. The van der Waals surface area contributed by atoms with E-state index in [0.717, 1.165) is 0 Å². The van der Waals surface area contributed by atoms with Crippen LogP contribution in [0.5, 0.6) is 0 Å². The number of amides is 1. The minimum atomic E-state index is -4.69. The Labute approximate surface area is 182 Å². The number of hydrazine groups is 1. The van der Waals surface area contributed by atoms with Crippen LogP contribution in [0, 0.1) is 13.8 Å². The molecule has 1 unspecified atom stereocenters. The van der Waals surface area contributed by atoms with E-state index in [4.69, 9.17) is 21.2 Å². The zero-order valence-corrected chi connectivity index (χ0v) is 17.8. The molecule has 2 aromatic carbocycles. The maximum Gasteiger partial charge on any atom is 0.435 e. The topological polar surface area (TPSA) is 72.0 Å². The van der Waals surface area contributed by atoms with Crippen molar-refractivity contribution < 1.29 is 27.5 Å². The average molecular weight is 456 g/mol. The van der Waals surface area contributed by atoms with E-state index in [2.05, 4.69) is 16.0 Å². The molecule has 0 aliphatic carbocycles. The first kappa shape index (κ1) is 22.9. The number of hydrogen-bond acceptors (Lipinski definition) is 5. The lowest BCUT2D eigenvalue weighted by Gasteiger charge is -2.30. The summed E-state index contributed by atoms with van der Waals surface area (Å²) in [5.74, 6) is -0.448. The highest BCUT2D eigenvalue weighted by atomic mass is 35.5. The second kappa shape index (κ2) is 8.76. The number of benzene rings is 2. The molecule has 1 atom stereocenters. The number of rotatable bonds is 6. The van der Waals surface area contributed by atoms with Gasteiger partial charge in [-0.25, -0.2) is 0 Å². The van der Waals surface area contributed by atoms with Crippen LogP contribution >= 0.6 is 11.6 Å².